The van der Waals surface area contributed by atoms with Gasteiger partial charge in [0.2, 0.25) is 10.0 Å². The summed E-state index contributed by atoms with van der Waals surface area (Å²) in [7, 11) is -3.59. The Balaban J connectivity index is 1.47. The van der Waals surface area contributed by atoms with E-state index < -0.39 is 15.6 Å². The van der Waals surface area contributed by atoms with Crippen LogP contribution >= 0.6 is 0 Å². The number of amides is 1. The molecule has 0 radical (unpaired) electrons. The van der Waals surface area contributed by atoms with Gasteiger partial charge in [0.05, 0.1) is 4.90 Å². The highest BCUT2D eigenvalue weighted by molar-refractivity contribution is 7.89. The zero-order chi connectivity index (χ0) is 19.4. The molecular formula is C21H30N2O3S. The molecule has 5 rings (SSSR count). The molecule has 0 heterocycles. The summed E-state index contributed by atoms with van der Waals surface area (Å²) >= 11 is 0. The summed E-state index contributed by atoms with van der Waals surface area (Å²) in [5.74, 6) is 2.23. The molecule has 2 N–H and O–H groups in total. The lowest BCUT2D eigenvalue weighted by atomic mass is 9.53. The minimum Gasteiger partial charge on any atom is -0.347 e. The number of rotatable bonds is 4. The number of carbonyl (C=O) groups excluding carboxylic acids is 1. The second kappa shape index (κ2) is 6.31. The van der Waals surface area contributed by atoms with Gasteiger partial charge in [-0.15, -0.1) is 0 Å². The summed E-state index contributed by atoms with van der Waals surface area (Å²) in [5, 5.41) is 3.33. The highest BCUT2D eigenvalue weighted by Gasteiger charge is 2.51. The summed E-state index contributed by atoms with van der Waals surface area (Å²) in [6.45, 7) is 5.41. The first-order valence-corrected chi connectivity index (χ1v) is 11.5. The fourth-order valence-electron chi connectivity index (χ4n) is 5.82. The Morgan fingerprint density at radius 3 is 1.89 bits per heavy atom. The second-order valence-electron chi connectivity index (χ2n) is 10.0. The van der Waals surface area contributed by atoms with Crippen molar-refractivity contribution in [1.29, 1.82) is 0 Å². The molecular weight excluding hydrogens is 360 g/mol. The van der Waals surface area contributed by atoms with Crippen LogP contribution in [0, 0.1) is 17.8 Å². The third-order valence-corrected chi connectivity index (χ3v) is 8.06. The molecule has 5 nitrogen and oxygen atoms in total. The third kappa shape index (κ3) is 3.92. The quantitative estimate of drug-likeness (QED) is 0.827. The van der Waals surface area contributed by atoms with Crippen LogP contribution in [0.25, 0.3) is 0 Å². The summed E-state index contributed by atoms with van der Waals surface area (Å²) in [4.78, 5) is 13.0. The van der Waals surface area contributed by atoms with Gasteiger partial charge >= 0.3 is 0 Å². The SMILES string of the molecule is CC(C)(C)NS(=O)(=O)c1ccc(C(=O)NC23CC4CC(CC(C4)C2)C3)cc1. The van der Waals surface area contributed by atoms with E-state index in [0.29, 0.717) is 5.56 Å². The first kappa shape index (κ1) is 18.9. The van der Waals surface area contributed by atoms with Crippen molar-refractivity contribution in [2.24, 2.45) is 17.8 Å². The highest BCUT2D eigenvalue weighted by atomic mass is 32.2. The fraction of sp³-hybridized carbons (Fsp3) is 0.667. The van der Waals surface area contributed by atoms with Gasteiger partial charge in [-0.3, -0.25) is 4.79 Å². The first-order chi connectivity index (χ1) is 12.5. The Kier molecular flexibility index (Phi) is 4.43. The molecule has 0 saturated heterocycles. The Hall–Kier alpha value is -1.40. The largest absolute Gasteiger partial charge is 0.347 e. The van der Waals surface area contributed by atoms with Crippen LogP contribution in [-0.2, 0) is 10.0 Å². The van der Waals surface area contributed by atoms with Crippen molar-refractivity contribution in [2.45, 2.75) is 75.3 Å². The molecule has 0 spiro atoms. The maximum atomic E-state index is 12.8. The molecule has 0 aromatic heterocycles. The van der Waals surface area contributed by atoms with Gasteiger partial charge in [0, 0.05) is 16.6 Å². The van der Waals surface area contributed by atoms with Crippen molar-refractivity contribution < 1.29 is 13.2 Å². The Morgan fingerprint density at radius 1 is 0.963 bits per heavy atom. The number of hydrogen-bond acceptors (Lipinski definition) is 3. The Bertz CT molecular complexity index is 802. The van der Waals surface area contributed by atoms with Gasteiger partial charge in [-0.2, -0.15) is 0 Å². The van der Waals surface area contributed by atoms with E-state index in [0.717, 1.165) is 37.0 Å². The number of nitrogens with one attached hydrogen (secondary N) is 2. The van der Waals surface area contributed by atoms with Crippen molar-refractivity contribution in [2.75, 3.05) is 0 Å². The first-order valence-electron chi connectivity index (χ1n) is 10.0. The van der Waals surface area contributed by atoms with Crippen LogP contribution in [-0.4, -0.2) is 25.4 Å². The van der Waals surface area contributed by atoms with E-state index in [1.165, 1.54) is 31.4 Å². The molecule has 0 unspecified atom stereocenters. The molecule has 4 fully saturated rings. The van der Waals surface area contributed by atoms with E-state index in [1.807, 2.05) is 0 Å². The van der Waals surface area contributed by atoms with Gasteiger partial charge in [-0.25, -0.2) is 13.1 Å². The average Bonchev–Trinajstić information content (AvgIpc) is 2.51. The molecule has 6 heteroatoms. The smallest absolute Gasteiger partial charge is 0.251 e. The molecule has 1 amide bonds. The maximum absolute atomic E-state index is 12.8. The molecule has 1 aromatic carbocycles. The molecule has 27 heavy (non-hydrogen) atoms. The van der Waals surface area contributed by atoms with Crippen LogP contribution in [0.5, 0.6) is 0 Å². The van der Waals surface area contributed by atoms with Gasteiger partial charge in [-0.1, -0.05) is 0 Å². The van der Waals surface area contributed by atoms with Crippen LogP contribution in [0.15, 0.2) is 29.2 Å². The van der Waals surface area contributed by atoms with Gasteiger partial charge in [0.25, 0.3) is 5.91 Å². The van der Waals surface area contributed by atoms with Crippen LogP contribution < -0.4 is 10.0 Å². The molecule has 4 saturated carbocycles. The Labute approximate surface area is 162 Å². The van der Waals surface area contributed by atoms with Crippen molar-refractivity contribution in [3.63, 3.8) is 0 Å². The van der Waals surface area contributed by atoms with E-state index >= 15 is 0 Å². The number of hydrogen-bond donors (Lipinski definition) is 2. The molecule has 4 aliphatic rings. The average molecular weight is 391 g/mol. The van der Waals surface area contributed by atoms with Gasteiger partial charge in [0.15, 0.2) is 0 Å². The minimum absolute atomic E-state index is 0.0373. The molecule has 1 aromatic rings. The highest BCUT2D eigenvalue weighted by Crippen LogP contribution is 2.55. The van der Waals surface area contributed by atoms with E-state index in [-0.39, 0.29) is 16.3 Å². The van der Waals surface area contributed by atoms with Crippen molar-refractivity contribution >= 4 is 15.9 Å². The normalized spacial score (nSPS) is 32.5. The topological polar surface area (TPSA) is 75.3 Å². The van der Waals surface area contributed by atoms with Crippen LogP contribution in [0.2, 0.25) is 0 Å². The van der Waals surface area contributed by atoms with Gasteiger partial charge in [0.1, 0.15) is 0 Å². The summed E-state index contributed by atoms with van der Waals surface area (Å²) in [5.41, 5.74) is -0.0574. The Morgan fingerprint density at radius 2 is 1.44 bits per heavy atom. The van der Waals surface area contributed by atoms with Crippen LogP contribution in [0.4, 0.5) is 0 Å². The monoisotopic (exact) mass is 390 g/mol. The van der Waals surface area contributed by atoms with E-state index in [1.54, 1.807) is 32.9 Å². The lowest BCUT2D eigenvalue weighted by Crippen LogP contribution is -2.59. The molecule has 4 aliphatic carbocycles. The van der Waals surface area contributed by atoms with Crippen molar-refractivity contribution in [3.8, 4) is 0 Å². The lowest BCUT2D eigenvalue weighted by Gasteiger charge is -2.56. The molecule has 0 aliphatic heterocycles. The maximum Gasteiger partial charge on any atom is 0.251 e. The number of carbonyl (C=O) groups is 1. The van der Waals surface area contributed by atoms with Crippen LogP contribution in [0.1, 0.15) is 69.7 Å². The fourth-order valence-corrected chi connectivity index (χ4v) is 7.24. The lowest BCUT2D eigenvalue weighted by molar-refractivity contribution is -0.0167. The van der Waals surface area contributed by atoms with Gasteiger partial charge < -0.3 is 5.32 Å². The second-order valence-corrected chi connectivity index (χ2v) is 11.7. The predicted molar refractivity (Wildman–Crippen MR) is 105 cm³/mol. The third-order valence-electron chi connectivity index (χ3n) is 6.28. The number of sulfonamides is 1. The van der Waals surface area contributed by atoms with Gasteiger partial charge in [-0.05, 0) is 101 Å². The van der Waals surface area contributed by atoms with Crippen molar-refractivity contribution in [1.82, 2.24) is 10.0 Å². The number of benzene rings is 1. The summed E-state index contributed by atoms with van der Waals surface area (Å²) in [6.07, 6.45) is 7.32. The van der Waals surface area contributed by atoms with E-state index in [2.05, 4.69) is 10.0 Å². The minimum atomic E-state index is -3.59. The summed E-state index contributed by atoms with van der Waals surface area (Å²) in [6, 6.07) is 6.27. The molecule has 4 bridgehead atoms. The van der Waals surface area contributed by atoms with Crippen molar-refractivity contribution in [3.05, 3.63) is 29.8 Å². The van der Waals surface area contributed by atoms with E-state index in [4.69, 9.17) is 0 Å². The van der Waals surface area contributed by atoms with E-state index in [9.17, 15) is 13.2 Å². The molecule has 0 atom stereocenters. The summed E-state index contributed by atoms with van der Waals surface area (Å²) < 4.78 is 27.5. The zero-order valence-corrected chi connectivity index (χ0v) is 17.2. The molecule has 148 valence electrons. The standard InChI is InChI=1S/C21H30N2O3S/c1-20(2,3)23-27(25,26)18-6-4-17(5-7-18)19(24)22-21-11-14-8-15(12-21)10-16(9-14)13-21/h4-7,14-16,23H,8-13H2,1-3H3,(H,22,24). The van der Waals surface area contributed by atoms with Crippen LogP contribution in [0.3, 0.4) is 0 Å². The zero-order valence-electron chi connectivity index (χ0n) is 16.4. The predicted octanol–water partition coefficient (Wildman–Crippen LogP) is 3.46.